The lowest BCUT2D eigenvalue weighted by Crippen LogP contribution is -2.32. The molecule has 1 N–H and O–H groups in total. The van der Waals surface area contributed by atoms with Gasteiger partial charge in [-0.15, -0.1) is 0 Å². The molecule has 28 heavy (non-hydrogen) atoms. The molecule has 0 aliphatic heterocycles. The number of carbonyl (C=O) groups is 2. The number of nitrogens with one attached hydrogen (secondary N) is 1. The third-order valence-electron chi connectivity index (χ3n) is 4.39. The van der Waals surface area contributed by atoms with E-state index >= 15 is 0 Å². The van der Waals surface area contributed by atoms with E-state index in [1.54, 1.807) is 24.3 Å². The highest BCUT2D eigenvalue weighted by Crippen LogP contribution is 2.14. The Bertz CT molecular complexity index is 748. The van der Waals surface area contributed by atoms with E-state index in [1.807, 2.05) is 29.2 Å². The van der Waals surface area contributed by atoms with Crippen LogP contribution in [-0.4, -0.2) is 36.4 Å². The zero-order valence-electron chi connectivity index (χ0n) is 17.0. The van der Waals surface area contributed by atoms with Crippen LogP contribution in [0.1, 0.15) is 49.5 Å². The monoisotopic (exact) mass is 382 g/mol. The maximum Gasteiger partial charge on any atom is 0.262 e. The molecule has 0 aliphatic carbocycles. The lowest BCUT2D eigenvalue weighted by atomic mass is 10.1. The second-order valence-corrected chi connectivity index (χ2v) is 6.70. The predicted molar refractivity (Wildman–Crippen MR) is 113 cm³/mol. The van der Waals surface area contributed by atoms with Crippen molar-refractivity contribution in [3.05, 3.63) is 59.7 Å². The van der Waals surface area contributed by atoms with Gasteiger partial charge < -0.3 is 15.0 Å². The minimum absolute atomic E-state index is 0.0282. The predicted octanol–water partition coefficient (Wildman–Crippen LogP) is 4.53. The lowest BCUT2D eigenvalue weighted by molar-refractivity contribution is -0.118. The molecule has 2 aromatic carbocycles. The van der Waals surface area contributed by atoms with E-state index in [9.17, 15) is 9.59 Å². The van der Waals surface area contributed by atoms with E-state index in [2.05, 4.69) is 26.1 Å². The number of amides is 2. The molecule has 5 nitrogen and oxygen atoms in total. The van der Waals surface area contributed by atoms with Crippen molar-refractivity contribution in [3.63, 3.8) is 0 Å². The van der Waals surface area contributed by atoms with Crippen LogP contribution in [0.15, 0.2) is 48.5 Å². The summed E-state index contributed by atoms with van der Waals surface area (Å²) in [7, 11) is 0. The summed E-state index contributed by atoms with van der Waals surface area (Å²) in [4.78, 5) is 26.5. The Morgan fingerprint density at radius 3 is 2.04 bits per heavy atom. The molecule has 5 heteroatoms. The van der Waals surface area contributed by atoms with Gasteiger partial charge in [-0.25, -0.2) is 0 Å². The highest BCUT2D eigenvalue weighted by Gasteiger charge is 2.14. The van der Waals surface area contributed by atoms with Crippen LogP contribution in [0.4, 0.5) is 5.69 Å². The smallest absolute Gasteiger partial charge is 0.262 e. The number of carbonyl (C=O) groups excluding carboxylic acids is 2. The molecule has 150 valence electrons. The third kappa shape index (κ3) is 6.41. The van der Waals surface area contributed by atoms with Crippen LogP contribution in [0.25, 0.3) is 0 Å². The van der Waals surface area contributed by atoms with Crippen molar-refractivity contribution in [1.82, 2.24) is 4.90 Å². The van der Waals surface area contributed by atoms with Crippen molar-refractivity contribution in [3.8, 4) is 5.75 Å². The average Bonchev–Trinajstić information content (AvgIpc) is 2.72. The van der Waals surface area contributed by atoms with Crippen molar-refractivity contribution in [2.75, 3.05) is 25.0 Å². The molecular weight excluding hydrogens is 352 g/mol. The number of hydrogen-bond donors (Lipinski definition) is 1. The molecule has 0 unspecified atom stereocenters. The first-order valence-corrected chi connectivity index (χ1v) is 9.98. The molecule has 0 saturated carbocycles. The summed E-state index contributed by atoms with van der Waals surface area (Å²) >= 11 is 0. The number of nitrogens with zero attached hydrogens (tertiary/aromatic N) is 1. The first-order chi connectivity index (χ1) is 13.6. The quantitative estimate of drug-likeness (QED) is 0.657. The molecule has 0 aromatic heterocycles. The molecule has 2 amide bonds. The van der Waals surface area contributed by atoms with Crippen LogP contribution in [-0.2, 0) is 11.2 Å². The number of rotatable bonds is 10. The maximum absolute atomic E-state index is 12.6. The summed E-state index contributed by atoms with van der Waals surface area (Å²) in [5.41, 5.74) is 2.50. The van der Waals surface area contributed by atoms with Crippen LogP contribution in [0, 0.1) is 0 Å². The summed E-state index contributed by atoms with van der Waals surface area (Å²) in [5, 5.41) is 2.79. The summed E-state index contributed by atoms with van der Waals surface area (Å²) < 4.78 is 5.51. The van der Waals surface area contributed by atoms with Gasteiger partial charge in [0.25, 0.3) is 11.8 Å². The number of aryl methyl sites for hydroxylation is 1. The standard InChI is InChI=1S/C23H30N2O3/c1-4-15-25(16-5-2)23(27)19-9-11-20(12-10-19)24-22(26)17-28-21-13-7-18(6-3)8-14-21/h7-14H,4-6,15-17H2,1-3H3,(H,24,26). The second-order valence-electron chi connectivity index (χ2n) is 6.70. The van der Waals surface area contributed by atoms with Crippen LogP contribution in [0.3, 0.4) is 0 Å². The van der Waals surface area contributed by atoms with Crippen molar-refractivity contribution < 1.29 is 14.3 Å². The van der Waals surface area contributed by atoms with Gasteiger partial charge >= 0.3 is 0 Å². The maximum atomic E-state index is 12.6. The number of hydrogen-bond acceptors (Lipinski definition) is 3. The molecular formula is C23H30N2O3. The highest BCUT2D eigenvalue weighted by molar-refractivity contribution is 5.96. The SMILES string of the molecule is CCCN(CCC)C(=O)c1ccc(NC(=O)COc2ccc(CC)cc2)cc1. The zero-order chi connectivity index (χ0) is 20.4. The Kier molecular flexibility index (Phi) is 8.53. The first-order valence-electron chi connectivity index (χ1n) is 9.98. The Hall–Kier alpha value is -2.82. The van der Waals surface area contributed by atoms with Gasteiger partial charge in [-0.2, -0.15) is 0 Å². The van der Waals surface area contributed by atoms with Gasteiger partial charge in [0.15, 0.2) is 6.61 Å². The third-order valence-corrected chi connectivity index (χ3v) is 4.39. The minimum Gasteiger partial charge on any atom is -0.484 e. The van der Waals surface area contributed by atoms with E-state index in [4.69, 9.17) is 4.74 Å². The zero-order valence-corrected chi connectivity index (χ0v) is 17.0. The van der Waals surface area contributed by atoms with E-state index in [0.29, 0.717) is 17.0 Å². The van der Waals surface area contributed by atoms with Gasteiger partial charge in [-0.3, -0.25) is 9.59 Å². The van der Waals surface area contributed by atoms with E-state index in [1.165, 1.54) is 5.56 Å². The number of benzene rings is 2. The fourth-order valence-electron chi connectivity index (χ4n) is 2.90. The van der Waals surface area contributed by atoms with Gasteiger partial charge in [-0.05, 0) is 61.2 Å². The molecule has 0 aliphatic rings. The topological polar surface area (TPSA) is 58.6 Å². The summed E-state index contributed by atoms with van der Waals surface area (Å²) in [6, 6.07) is 14.7. The van der Waals surface area contributed by atoms with E-state index < -0.39 is 0 Å². The highest BCUT2D eigenvalue weighted by atomic mass is 16.5. The molecule has 0 spiro atoms. The molecule has 0 saturated heterocycles. The van der Waals surface area contributed by atoms with Gasteiger partial charge in [0.2, 0.25) is 0 Å². The Morgan fingerprint density at radius 2 is 1.50 bits per heavy atom. The number of anilines is 1. The Morgan fingerprint density at radius 1 is 0.893 bits per heavy atom. The normalized spacial score (nSPS) is 10.4. The van der Waals surface area contributed by atoms with Gasteiger partial charge in [0.05, 0.1) is 0 Å². The molecule has 0 fully saturated rings. The second kappa shape index (κ2) is 11.1. The van der Waals surface area contributed by atoms with Crippen LogP contribution in [0.5, 0.6) is 5.75 Å². The fourth-order valence-corrected chi connectivity index (χ4v) is 2.90. The van der Waals surface area contributed by atoms with Crippen LogP contribution in [0.2, 0.25) is 0 Å². The van der Waals surface area contributed by atoms with Crippen molar-refractivity contribution >= 4 is 17.5 Å². The van der Waals surface area contributed by atoms with Crippen molar-refractivity contribution in [1.29, 1.82) is 0 Å². The molecule has 0 heterocycles. The molecule has 2 aromatic rings. The van der Waals surface area contributed by atoms with Gasteiger partial charge in [0.1, 0.15) is 5.75 Å². The number of ether oxygens (including phenoxy) is 1. The molecule has 2 rings (SSSR count). The average molecular weight is 383 g/mol. The van der Waals surface area contributed by atoms with Crippen LogP contribution >= 0.6 is 0 Å². The summed E-state index contributed by atoms with van der Waals surface area (Å²) in [6.45, 7) is 7.66. The summed E-state index contributed by atoms with van der Waals surface area (Å²) in [5.74, 6) is 0.456. The first kappa shape index (κ1) is 21.5. The van der Waals surface area contributed by atoms with Crippen molar-refractivity contribution in [2.24, 2.45) is 0 Å². The molecule has 0 atom stereocenters. The fraction of sp³-hybridized carbons (Fsp3) is 0.391. The summed E-state index contributed by atoms with van der Waals surface area (Å²) in [6.07, 6.45) is 2.83. The van der Waals surface area contributed by atoms with E-state index in [-0.39, 0.29) is 18.4 Å². The minimum atomic E-state index is -0.239. The van der Waals surface area contributed by atoms with Gasteiger partial charge in [-0.1, -0.05) is 32.9 Å². The van der Waals surface area contributed by atoms with Gasteiger partial charge in [0, 0.05) is 24.3 Å². The van der Waals surface area contributed by atoms with Crippen LogP contribution < -0.4 is 10.1 Å². The molecule has 0 bridgehead atoms. The Labute approximate surface area is 167 Å². The van der Waals surface area contributed by atoms with Crippen molar-refractivity contribution in [2.45, 2.75) is 40.0 Å². The molecule has 0 radical (unpaired) electrons. The largest absolute Gasteiger partial charge is 0.484 e. The van der Waals surface area contributed by atoms with E-state index in [0.717, 1.165) is 32.4 Å². The lowest BCUT2D eigenvalue weighted by Gasteiger charge is -2.21. The Balaban J connectivity index is 1.88.